The van der Waals surface area contributed by atoms with Crippen molar-refractivity contribution < 1.29 is 18.7 Å². The third kappa shape index (κ3) is 4.44. The summed E-state index contributed by atoms with van der Waals surface area (Å²) in [4.78, 5) is 26.2. The van der Waals surface area contributed by atoms with E-state index in [-0.39, 0.29) is 32.0 Å². The van der Waals surface area contributed by atoms with E-state index in [2.05, 4.69) is 27.1 Å². The third-order valence-corrected chi connectivity index (χ3v) is 8.62. The van der Waals surface area contributed by atoms with E-state index < -0.39 is 11.2 Å². The van der Waals surface area contributed by atoms with Crippen molar-refractivity contribution in [2.24, 2.45) is 0 Å². The Bertz CT molecular complexity index is 1380. The van der Waals surface area contributed by atoms with Gasteiger partial charge in [-0.3, -0.25) is 4.79 Å². The fourth-order valence-corrected chi connectivity index (χ4v) is 6.23. The van der Waals surface area contributed by atoms with Crippen LogP contribution >= 0.6 is 39.8 Å². The number of aromatic nitrogens is 2. The number of carbonyl (C=O) groups is 1. The number of benzene rings is 1. The fraction of sp³-hybridized carbons (Fsp3) is 0.261. The van der Waals surface area contributed by atoms with Crippen molar-refractivity contribution in [1.82, 2.24) is 9.55 Å². The molecule has 2 unspecified atom stereocenters. The first-order valence-electron chi connectivity index (χ1n) is 10.3. The minimum atomic E-state index is -1.15. The van der Waals surface area contributed by atoms with E-state index in [0.717, 1.165) is 27.0 Å². The summed E-state index contributed by atoms with van der Waals surface area (Å²) in [6, 6.07) is 11.7. The van der Waals surface area contributed by atoms with Gasteiger partial charge in [0.2, 0.25) is 0 Å². The number of ketones is 1. The van der Waals surface area contributed by atoms with Gasteiger partial charge in [-0.05, 0) is 40.6 Å². The number of hydrogen-bond donors (Lipinski definition) is 0. The van der Waals surface area contributed by atoms with Gasteiger partial charge in [-0.15, -0.1) is 11.3 Å². The molecule has 2 atom stereocenters. The number of nitrogens with zero attached hydrogens (tertiary/aromatic N) is 2. The van der Waals surface area contributed by atoms with E-state index in [1.54, 1.807) is 6.20 Å². The molecule has 0 bridgehead atoms. The number of thiophene rings is 1. The lowest BCUT2D eigenvalue weighted by Crippen LogP contribution is -2.41. The first-order valence-corrected chi connectivity index (χ1v) is 15.1. The molecule has 10 heteroatoms. The van der Waals surface area contributed by atoms with Gasteiger partial charge in [-0.25, -0.2) is 9.25 Å². The molecule has 5 rings (SSSR count). The number of Topliss-reactive ketones (excluding diaryl/α,β-unsaturated/α-hetero) is 1. The van der Waals surface area contributed by atoms with Crippen molar-refractivity contribution in [3.8, 4) is 10.4 Å². The van der Waals surface area contributed by atoms with Crippen LogP contribution in [-0.4, -0.2) is 21.9 Å². The number of ether oxygens (including phenoxy) is 2. The van der Waals surface area contributed by atoms with E-state index in [9.17, 15) is 9.59 Å². The van der Waals surface area contributed by atoms with Crippen molar-refractivity contribution in [2.75, 3.05) is 6.61 Å². The number of halogens is 1. The first-order chi connectivity index (χ1) is 16.0. The minimum absolute atomic E-state index is 0.0572. The van der Waals surface area contributed by atoms with Gasteiger partial charge in [0.15, 0.2) is 5.60 Å². The second-order valence-electron chi connectivity index (χ2n) is 7.95. The maximum Gasteiger partial charge on any atom is 0.354 e. The standard InChI is InChI=1S/C23H20IN2O5PS/c1-14(27)8-23(30-11-15-5-3-2-4-6-15)13-29-12-18-17-7-19(16-9-25-26(10-16)32-24)33-20(17)22(28)31-21(18)23/h2-7,9-10,32H,8,11-13H2,1H3. The van der Waals surface area contributed by atoms with Crippen LogP contribution in [0.2, 0.25) is 0 Å². The lowest BCUT2D eigenvalue weighted by Gasteiger charge is -2.36. The molecule has 3 aromatic heterocycles. The van der Waals surface area contributed by atoms with Gasteiger partial charge < -0.3 is 13.9 Å². The van der Waals surface area contributed by atoms with Gasteiger partial charge in [-0.1, -0.05) is 30.3 Å². The molecule has 0 saturated carbocycles. The number of carbonyl (C=O) groups excluding carboxylic acids is 1. The topological polar surface area (TPSA) is 83.6 Å². The average Bonchev–Trinajstić information content (AvgIpc) is 3.47. The summed E-state index contributed by atoms with van der Waals surface area (Å²) in [6.45, 7) is 2.20. The highest BCUT2D eigenvalue weighted by Gasteiger charge is 2.44. The Morgan fingerprint density at radius 3 is 2.91 bits per heavy atom. The summed E-state index contributed by atoms with van der Waals surface area (Å²) >= 11 is 3.64. The molecule has 170 valence electrons. The zero-order valence-corrected chi connectivity index (χ0v) is 21.6. The highest BCUT2D eigenvalue weighted by atomic mass is 127. The second-order valence-corrected chi connectivity index (χ2v) is 11.1. The van der Waals surface area contributed by atoms with Gasteiger partial charge in [0.1, 0.15) is 16.2 Å². The molecular weight excluding hydrogens is 574 g/mol. The number of hydrogen-bond acceptors (Lipinski definition) is 7. The molecule has 1 aromatic carbocycles. The normalized spacial score (nSPS) is 18.2. The van der Waals surface area contributed by atoms with Crippen molar-refractivity contribution in [2.45, 2.75) is 32.2 Å². The zero-order valence-electron chi connectivity index (χ0n) is 17.7. The van der Waals surface area contributed by atoms with E-state index >= 15 is 0 Å². The van der Waals surface area contributed by atoms with E-state index in [1.165, 1.54) is 18.3 Å². The van der Waals surface area contributed by atoms with Crippen LogP contribution in [-0.2, 0) is 33.1 Å². The molecular formula is C23H20IN2O5PS. The maximum absolute atomic E-state index is 13.0. The Morgan fingerprint density at radius 1 is 1.36 bits per heavy atom. The first kappa shape index (κ1) is 22.9. The smallest absolute Gasteiger partial charge is 0.354 e. The third-order valence-electron chi connectivity index (χ3n) is 5.55. The maximum atomic E-state index is 13.0. The second kappa shape index (κ2) is 9.38. The van der Waals surface area contributed by atoms with E-state index in [4.69, 9.17) is 13.9 Å². The van der Waals surface area contributed by atoms with Gasteiger partial charge in [0.25, 0.3) is 0 Å². The van der Waals surface area contributed by atoms with Crippen LogP contribution < -0.4 is 5.63 Å². The fourth-order valence-electron chi connectivity index (χ4n) is 4.11. The van der Waals surface area contributed by atoms with Crippen molar-refractivity contribution in [3.63, 3.8) is 0 Å². The minimum Gasteiger partial charge on any atom is -0.423 e. The summed E-state index contributed by atoms with van der Waals surface area (Å²) in [5.41, 5.74) is 1.08. The average molecular weight is 594 g/mol. The lowest BCUT2D eigenvalue weighted by molar-refractivity contribution is -0.155. The highest BCUT2D eigenvalue weighted by Crippen LogP contribution is 2.43. The Balaban J connectivity index is 1.61. The van der Waals surface area contributed by atoms with Gasteiger partial charge in [0, 0.05) is 34.0 Å². The monoisotopic (exact) mass is 594 g/mol. The van der Waals surface area contributed by atoms with E-state index in [0.29, 0.717) is 16.8 Å². The Kier molecular flexibility index (Phi) is 6.50. The lowest BCUT2D eigenvalue weighted by atomic mass is 9.88. The Morgan fingerprint density at radius 2 is 2.18 bits per heavy atom. The molecule has 0 aliphatic carbocycles. The van der Waals surface area contributed by atoms with Crippen LogP contribution in [0.5, 0.6) is 0 Å². The molecule has 0 spiro atoms. The molecule has 7 nitrogen and oxygen atoms in total. The van der Waals surface area contributed by atoms with Crippen molar-refractivity contribution in [1.29, 1.82) is 0 Å². The number of fused-ring (bicyclic) bond motifs is 3. The van der Waals surface area contributed by atoms with Crippen LogP contribution in [0.1, 0.15) is 30.2 Å². The summed E-state index contributed by atoms with van der Waals surface area (Å²) in [7, 11) is 0. The molecule has 0 saturated heterocycles. The van der Waals surface area contributed by atoms with Crippen LogP contribution in [0.25, 0.3) is 20.5 Å². The number of rotatable bonds is 7. The molecule has 0 N–H and O–H groups in total. The van der Waals surface area contributed by atoms with Gasteiger partial charge in [0.05, 0.1) is 32.4 Å². The molecule has 0 fully saturated rings. The molecule has 0 amide bonds. The Hall–Kier alpha value is -1.91. The molecule has 4 aromatic rings. The van der Waals surface area contributed by atoms with Crippen LogP contribution in [0, 0.1) is 0 Å². The van der Waals surface area contributed by atoms with Crippen molar-refractivity contribution in [3.05, 3.63) is 76.1 Å². The zero-order chi connectivity index (χ0) is 23.0. The molecule has 33 heavy (non-hydrogen) atoms. The van der Waals surface area contributed by atoms with Crippen molar-refractivity contribution >= 4 is 55.6 Å². The quantitative estimate of drug-likeness (QED) is 0.210. The summed E-state index contributed by atoms with van der Waals surface area (Å²) < 4.78 is 20.5. The van der Waals surface area contributed by atoms with Gasteiger partial charge >= 0.3 is 5.63 Å². The van der Waals surface area contributed by atoms with E-state index in [1.807, 2.05) is 47.0 Å². The summed E-state index contributed by atoms with van der Waals surface area (Å²) in [6.07, 6.45) is 4.31. The Labute approximate surface area is 208 Å². The molecule has 4 heterocycles. The molecule has 1 aliphatic heterocycles. The molecule has 1 aliphatic rings. The molecule has 0 radical (unpaired) electrons. The largest absolute Gasteiger partial charge is 0.423 e. The summed E-state index contributed by atoms with van der Waals surface area (Å²) in [5, 5.41) is 5.12. The highest BCUT2D eigenvalue weighted by molar-refractivity contribution is 14.2. The van der Waals surface area contributed by atoms with Gasteiger partial charge in [-0.2, -0.15) is 5.10 Å². The predicted molar refractivity (Wildman–Crippen MR) is 137 cm³/mol. The van der Waals surface area contributed by atoms with Crippen LogP contribution in [0.3, 0.4) is 0 Å². The predicted octanol–water partition coefficient (Wildman–Crippen LogP) is 5.43. The van der Waals surface area contributed by atoms with Crippen LogP contribution in [0.4, 0.5) is 0 Å². The summed E-state index contributed by atoms with van der Waals surface area (Å²) in [5.74, 6) is 0.325. The SMILES string of the molecule is CC(=O)CC1(OCc2ccccc2)COCc2c1oc(=O)c1sc(-c3cnn(PI)c3)cc21. The van der Waals surface area contributed by atoms with Crippen LogP contribution in [0.15, 0.2) is 58.0 Å².